The summed E-state index contributed by atoms with van der Waals surface area (Å²) in [6.45, 7) is 2.39. The number of ether oxygens (including phenoxy) is 3. The summed E-state index contributed by atoms with van der Waals surface area (Å²) in [5, 5.41) is 0. The van der Waals surface area contributed by atoms with E-state index in [0.717, 1.165) is 16.7 Å². The van der Waals surface area contributed by atoms with Gasteiger partial charge in [0.15, 0.2) is 11.5 Å². The van der Waals surface area contributed by atoms with Crippen LogP contribution < -0.4 is 9.47 Å². The molecule has 0 aromatic heterocycles. The van der Waals surface area contributed by atoms with Crippen molar-refractivity contribution in [3.05, 3.63) is 65.2 Å². The van der Waals surface area contributed by atoms with Gasteiger partial charge in [0.05, 0.1) is 32.0 Å². The molecule has 7 heteroatoms. The third-order valence-electron chi connectivity index (χ3n) is 5.61. The largest absolute Gasteiger partial charge is 0.493 e. The lowest BCUT2D eigenvalue weighted by atomic mass is 9.96. The van der Waals surface area contributed by atoms with Gasteiger partial charge in [-0.05, 0) is 52.3 Å². The van der Waals surface area contributed by atoms with E-state index in [-0.39, 0.29) is 5.91 Å². The van der Waals surface area contributed by atoms with Crippen molar-refractivity contribution in [2.45, 2.75) is 11.0 Å². The van der Waals surface area contributed by atoms with Gasteiger partial charge in [0.25, 0.3) is 0 Å². The highest BCUT2D eigenvalue weighted by Gasteiger charge is 2.19. The molecule has 0 spiro atoms. The van der Waals surface area contributed by atoms with Gasteiger partial charge in [-0.1, -0.05) is 30.3 Å². The molecular weight excluding hydrogens is 442 g/mol. The number of benzene rings is 2. The molecule has 0 saturated carbocycles. The van der Waals surface area contributed by atoms with E-state index < -0.39 is 0 Å². The van der Waals surface area contributed by atoms with Crippen LogP contribution >= 0.6 is 23.5 Å². The normalized spacial score (nSPS) is 17.8. The first-order chi connectivity index (χ1) is 15.7. The Labute approximate surface area is 198 Å². The summed E-state index contributed by atoms with van der Waals surface area (Å²) in [6, 6.07) is 14.4. The average molecular weight is 472 g/mol. The Hall–Kier alpha value is -2.09. The number of carbonyl (C=O) groups excluding carboxylic acids is 1. The van der Waals surface area contributed by atoms with Crippen LogP contribution in [0.3, 0.4) is 0 Å². The van der Waals surface area contributed by atoms with Crippen molar-refractivity contribution in [3.63, 3.8) is 0 Å². The van der Waals surface area contributed by atoms with Crippen LogP contribution in [0.5, 0.6) is 11.5 Å². The molecule has 0 atom stereocenters. The lowest BCUT2D eigenvalue weighted by molar-refractivity contribution is -0.129. The molecule has 1 amide bonds. The lowest BCUT2D eigenvalue weighted by Crippen LogP contribution is -2.39. The first-order valence-electron chi connectivity index (χ1n) is 10.8. The molecular formula is C25H29NO4S2. The maximum atomic E-state index is 13.1. The highest BCUT2D eigenvalue weighted by molar-refractivity contribution is 8.16. The van der Waals surface area contributed by atoms with Gasteiger partial charge in [-0.25, -0.2) is 0 Å². The number of nitrogens with zero attached hydrogens (tertiary/aromatic N) is 1. The summed E-state index contributed by atoms with van der Waals surface area (Å²) >= 11 is 4.02. The summed E-state index contributed by atoms with van der Waals surface area (Å²) in [4.78, 5) is 14.9. The molecule has 2 aliphatic heterocycles. The van der Waals surface area contributed by atoms with Crippen molar-refractivity contribution < 1.29 is 19.0 Å². The van der Waals surface area contributed by atoms with Gasteiger partial charge in [-0.2, -0.15) is 0 Å². The SMILES string of the molecule is COc1ccc(C(=CC(=O)N2CCOCC2)c2ccc(C3SCCCS3)cc2)cc1OC. The smallest absolute Gasteiger partial charge is 0.247 e. The fourth-order valence-corrected chi connectivity index (χ4v) is 6.73. The number of morpholine rings is 1. The second-order valence-corrected chi connectivity index (χ2v) is 10.3. The van der Waals surface area contributed by atoms with Crippen LogP contribution in [0.4, 0.5) is 0 Å². The van der Waals surface area contributed by atoms with E-state index >= 15 is 0 Å². The summed E-state index contributed by atoms with van der Waals surface area (Å²) in [6.07, 6.45) is 3.02. The van der Waals surface area contributed by atoms with Crippen molar-refractivity contribution in [2.75, 3.05) is 52.0 Å². The van der Waals surface area contributed by atoms with Crippen molar-refractivity contribution in [1.29, 1.82) is 0 Å². The van der Waals surface area contributed by atoms with E-state index in [4.69, 9.17) is 14.2 Å². The molecule has 0 bridgehead atoms. The number of carbonyl (C=O) groups is 1. The van der Waals surface area contributed by atoms with Gasteiger partial charge < -0.3 is 19.1 Å². The van der Waals surface area contributed by atoms with E-state index in [1.165, 1.54) is 23.5 Å². The third kappa shape index (κ3) is 5.45. The van der Waals surface area contributed by atoms with Crippen LogP contribution in [-0.4, -0.2) is 62.8 Å². The fourth-order valence-electron chi connectivity index (χ4n) is 3.84. The summed E-state index contributed by atoms with van der Waals surface area (Å²) in [7, 11) is 3.24. The molecule has 2 fully saturated rings. The molecule has 2 aromatic rings. The van der Waals surface area contributed by atoms with Crippen LogP contribution in [0, 0.1) is 0 Å². The molecule has 2 heterocycles. The minimum absolute atomic E-state index is 0.000512. The quantitative estimate of drug-likeness (QED) is 0.561. The van der Waals surface area contributed by atoms with Gasteiger partial charge in [-0.3, -0.25) is 4.79 Å². The topological polar surface area (TPSA) is 48.0 Å². The van der Waals surface area contributed by atoms with E-state index in [1.54, 1.807) is 20.3 Å². The molecule has 0 unspecified atom stereocenters. The second-order valence-electron chi connectivity index (χ2n) is 7.61. The number of amides is 1. The molecule has 32 heavy (non-hydrogen) atoms. The van der Waals surface area contributed by atoms with Crippen molar-refractivity contribution >= 4 is 35.0 Å². The Bertz CT molecular complexity index is 949. The molecule has 4 rings (SSSR count). The Morgan fingerprint density at radius 3 is 2.28 bits per heavy atom. The number of hydrogen-bond donors (Lipinski definition) is 0. The number of thioether (sulfide) groups is 2. The van der Waals surface area contributed by atoms with Gasteiger partial charge in [-0.15, -0.1) is 23.5 Å². The first-order valence-corrected chi connectivity index (χ1v) is 12.9. The highest BCUT2D eigenvalue weighted by Crippen LogP contribution is 2.44. The molecule has 170 valence electrons. The van der Waals surface area contributed by atoms with E-state index in [0.29, 0.717) is 42.4 Å². The van der Waals surface area contributed by atoms with E-state index in [2.05, 4.69) is 24.3 Å². The minimum atomic E-state index is 0.000512. The number of rotatable bonds is 6. The van der Waals surface area contributed by atoms with Crippen LogP contribution in [0.25, 0.3) is 5.57 Å². The third-order valence-corrected chi connectivity index (χ3v) is 8.62. The maximum Gasteiger partial charge on any atom is 0.247 e. The molecule has 2 saturated heterocycles. The predicted molar refractivity (Wildman–Crippen MR) is 133 cm³/mol. The summed E-state index contributed by atoms with van der Waals surface area (Å²) in [5.41, 5.74) is 4.12. The molecule has 0 radical (unpaired) electrons. The number of hydrogen-bond acceptors (Lipinski definition) is 6. The first kappa shape index (κ1) is 23.1. The summed E-state index contributed by atoms with van der Waals surface area (Å²) < 4.78 is 16.8. The van der Waals surface area contributed by atoms with Crippen LogP contribution in [0.2, 0.25) is 0 Å². The molecule has 0 N–H and O–H groups in total. The molecule has 0 aliphatic carbocycles. The fraction of sp³-hybridized carbons (Fsp3) is 0.400. The highest BCUT2D eigenvalue weighted by atomic mass is 32.2. The van der Waals surface area contributed by atoms with Crippen molar-refractivity contribution in [3.8, 4) is 11.5 Å². The zero-order valence-corrected chi connectivity index (χ0v) is 20.2. The molecule has 5 nitrogen and oxygen atoms in total. The van der Waals surface area contributed by atoms with Crippen molar-refractivity contribution in [2.24, 2.45) is 0 Å². The zero-order chi connectivity index (χ0) is 22.3. The Kier molecular flexibility index (Phi) is 8.05. The summed E-state index contributed by atoms with van der Waals surface area (Å²) in [5.74, 6) is 3.73. The standard InChI is InChI=1S/C25H29NO4S2/c1-28-22-9-8-20(16-23(22)29-2)21(17-24(27)26-10-12-30-13-11-26)18-4-6-19(7-5-18)25-31-14-3-15-32-25/h4-9,16-17,25H,3,10-15H2,1-2H3. The monoisotopic (exact) mass is 471 g/mol. The van der Waals surface area contributed by atoms with Crippen molar-refractivity contribution in [1.82, 2.24) is 4.90 Å². The van der Waals surface area contributed by atoms with E-state index in [9.17, 15) is 4.79 Å². The second kappa shape index (κ2) is 11.2. The van der Waals surface area contributed by atoms with Crippen LogP contribution in [0.15, 0.2) is 48.5 Å². The van der Waals surface area contributed by atoms with Gasteiger partial charge >= 0.3 is 0 Å². The van der Waals surface area contributed by atoms with E-state index in [1.807, 2.05) is 46.6 Å². The Morgan fingerprint density at radius 2 is 1.62 bits per heavy atom. The van der Waals surface area contributed by atoms with Crippen LogP contribution in [0.1, 0.15) is 27.7 Å². The molecule has 2 aliphatic rings. The zero-order valence-electron chi connectivity index (χ0n) is 18.5. The Morgan fingerprint density at radius 1 is 0.969 bits per heavy atom. The molecule has 2 aromatic carbocycles. The van der Waals surface area contributed by atoms with Gasteiger partial charge in [0.2, 0.25) is 5.91 Å². The maximum absolute atomic E-state index is 13.1. The number of methoxy groups -OCH3 is 2. The van der Waals surface area contributed by atoms with Gasteiger partial charge in [0.1, 0.15) is 0 Å². The average Bonchev–Trinajstić information content (AvgIpc) is 2.88. The predicted octanol–water partition coefficient (Wildman–Crippen LogP) is 4.86. The Balaban J connectivity index is 1.68. The minimum Gasteiger partial charge on any atom is -0.493 e. The van der Waals surface area contributed by atoms with Gasteiger partial charge in [0, 0.05) is 19.2 Å². The lowest BCUT2D eigenvalue weighted by Gasteiger charge is -2.26. The van der Waals surface area contributed by atoms with Crippen LogP contribution in [-0.2, 0) is 9.53 Å².